The number of aliphatic hydroxyl groups is 1. The Balaban J connectivity index is 4.07. The molecule has 0 aromatic rings. The maximum absolute atomic E-state index is 8.72. The molecule has 2 heteroatoms. The number of allylic oxidation sites excluding steroid dienone is 1. The average molecular weight is 197 g/mol. The molecule has 0 aliphatic rings. The summed E-state index contributed by atoms with van der Waals surface area (Å²) < 4.78 is 0. The molecule has 82 valence electrons. The second kappa shape index (κ2) is 6.80. The lowest BCUT2D eigenvalue weighted by atomic mass is 10.0. The first-order chi connectivity index (χ1) is 6.49. The molecular formula is C12H23NO. The lowest BCUT2D eigenvalue weighted by Crippen LogP contribution is -2.28. The first kappa shape index (κ1) is 13.4. The number of rotatable bonds is 6. The molecule has 0 spiro atoms. The zero-order valence-corrected chi connectivity index (χ0v) is 9.88. The molecule has 0 aromatic carbocycles. The first-order valence-electron chi connectivity index (χ1n) is 5.07. The highest BCUT2D eigenvalue weighted by molar-refractivity contribution is 5.05. The highest BCUT2D eigenvalue weighted by Gasteiger charge is 2.11. The summed E-state index contributed by atoms with van der Waals surface area (Å²) >= 11 is 0. The third-order valence-corrected chi connectivity index (χ3v) is 2.44. The Morgan fingerprint density at radius 1 is 1.43 bits per heavy atom. The third-order valence-electron chi connectivity index (χ3n) is 2.44. The minimum atomic E-state index is 0.144. The Labute approximate surface area is 87.9 Å². The van der Waals surface area contributed by atoms with E-state index in [0.717, 1.165) is 12.8 Å². The SMILES string of the molecule is C=C(C)C(CCC(C)=CCO)N(C)C. The van der Waals surface area contributed by atoms with Crippen molar-refractivity contribution < 1.29 is 5.11 Å². The highest BCUT2D eigenvalue weighted by atomic mass is 16.2. The van der Waals surface area contributed by atoms with Gasteiger partial charge in [0.2, 0.25) is 0 Å². The molecule has 0 aliphatic heterocycles. The third kappa shape index (κ3) is 5.20. The van der Waals surface area contributed by atoms with E-state index in [1.54, 1.807) is 0 Å². The summed E-state index contributed by atoms with van der Waals surface area (Å²) in [5, 5.41) is 8.72. The van der Waals surface area contributed by atoms with Gasteiger partial charge in [-0.25, -0.2) is 0 Å². The number of hydrogen-bond donors (Lipinski definition) is 1. The second-order valence-corrected chi connectivity index (χ2v) is 4.10. The molecule has 0 saturated carbocycles. The maximum atomic E-state index is 8.72. The summed E-state index contributed by atoms with van der Waals surface area (Å²) in [5.41, 5.74) is 2.45. The van der Waals surface area contributed by atoms with E-state index in [2.05, 4.69) is 39.4 Å². The van der Waals surface area contributed by atoms with Crippen LogP contribution in [0.3, 0.4) is 0 Å². The number of nitrogens with zero attached hydrogens (tertiary/aromatic N) is 1. The molecule has 0 bridgehead atoms. The van der Waals surface area contributed by atoms with Crippen molar-refractivity contribution in [3.8, 4) is 0 Å². The van der Waals surface area contributed by atoms with Crippen LogP contribution in [0.25, 0.3) is 0 Å². The van der Waals surface area contributed by atoms with Crippen LogP contribution in [0.15, 0.2) is 23.8 Å². The van der Waals surface area contributed by atoms with Gasteiger partial charge in [0.1, 0.15) is 0 Å². The summed E-state index contributed by atoms with van der Waals surface area (Å²) in [5.74, 6) is 0. The zero-order valence-electron chi connectivity index (χ0n) is 9.88. The van der Waals surface area contributed by atoms with Crippen LogP contribution in [0.2, 0.25) is 0 Å². The van der Waals surface area contributed by atoms with Gasteiger partial charge in [-0.3, -0.25) is 0 Å². The van der Waals surface area contributed by atoms with E-state index in [9.17, 15) is 0 Å². The van der Waals surface area contributed by atoms with Crippen molar-refractivity contribution in [1.29, 1.82) is 0 Å². The molecule has 0 aromatic heterocycles. The van der Waals surface area contributed by atoms with Crippen molar-refractivity contribution in [3.63, 3.8) is 0 Å². The molecule has 0 aliphatic carbocycles. The van der Waals surface area contributed by atoms with E-state index in [1.807, 2.05) is 6.08 Å². The van der Waals surface area contributed by atoms with Gasteiger partial charge in [-0.2, -0.15) is 0 Å². The van der Waals surface area contributed by atoms with Gasteiger partial charge in [0.25, 0.3) is 0 Å². The second-order valence-electron chi connectivity index (χ2n) is 4.10. The van der Waals surface area contributed by atoms with Gasteiger partial charge in [-0.15, -0.1) is 0 Å². The molecule has 1 atom stereocenters. The quantitative estimate of drug-likeness (QED) is 0.660. The van der Waals surface area contributed by atoms with E-state index in [0.29, 0.717) is 6.04 Å². The molecule has 0 amide bonds. The van der Waals surface area contributed by atoms with Crippen LogP contribution in [0.5, 0.6) is 0 Å². The van der Waals surface area contributed by atoms with Gasteiger partial charge in [0, 0.05) is 6.04 Å². The zero-order chi connectivity index (χ0) is 11.1. The average Bonchev–Trinajstić information content (AvgIpc) is 2.03. The van der Waals surface area contributed by atoms with Crippen LogP contribution in [-0.4, -0.2) is 36.8 Å². The minimum Gasteiger partial charge on any atom is -0.392 e. The minimum absolute atomic E-state index is 0.144. The monoisotopic (exact) mass is 197 g/mol. The van der Waals surface area contributed by atoms with E-state index >= 15 is 0 Å². The van der Waals surface area contributed by atoms with Gasteiger partial charge in [-0.05, 0) is 40.8 Å². The Hall–Kier alpha value is -0.600. The number of hydrogen-bond acceptors (Lipinski definition) is 2. The van der Waals surface area contributed by atoms with Gasteiger partial charge in [0.15, 0.2) is 0 Å². The predicted octanol–water partition coefficient (Wildman–Crippen LogP) is 2.21. The molecule has 2 nitrogen and oxygen atoms in total. The largest absolute Gasteiger partial charge is 0.392 e. The predicted molar refractivity (Wildman–Crippen MR) is 62.4 cm³/mol. The van der Waals surface area contributed by atoms with Gasteiger partial charge in [0.05, 0.1) is 6.61 Å². The number of aliphatic hydroxyl groups excluding tert-OH is 1. The van der Waals surface area contributed by atoms with Crippen LogP contribution < -0.4 is 0 Å². The standard InChI is InChI=1S/C12H23NO/c1-10(2)12(13(4)5)7-6-11(3)8-9-14/h8,12,14H,1,6-7,9H2,2-5H3. The molecule has 0 fully saturated rings. The maximum Gasteiger partial charge on any atom is 0.0614 e. The Morgan fingerprint density at radius 2 is 2.00 bits per heavy atom. The summed E-state index contributed by atoms with van der Waals surface area (Å²) in [6.45, 7) is 8.26. The van der Waals surface area contributed by atoms with Crippen molar-refractivity contribution in [2.45, 2.75) is 32.7 Å². The fourth-order valence-electron chi connectivity index (χ4n) is 1.57. The van der Waals surface area contributed by atoms with Crippen LogP contribution >= 0.6 is 0 Å². The first-order valence-corrected chi connectivity index (χ1v) is 5.07. The van der Waals surface area contributed by atoms with Crippen molar-refractivity contribution in [1.82, 2.24) is 4.90 Å². The van der Waals surface area contributed by atoms with Crippen LogP contribution in [0.4, 0.5) is 0 Å². The van der Waals surface area contributed by atoms with E-state index in [4.69, 9.17) is 5.11 Å². The molecule has 14 heavy (non-hydrogen) atoms. The lowest BCUT2D eigenvalue weighted by Gasteiger charge is -2.24. The van der Waals surface area contributed by atoms with Crippen molar-refractivity contribution in [2.24, 2.45) is 0 Å². The number of likely N-dealkylation sites (N-methyl/N-ethyl adjacent to an activating group) is 1. The van der Waals surface area contributed by atoms with Crippen molar-refractivity contribution in [2.75, 3.05) is 20.7 Å². The summed E-state index contributed by atoms with van der Waals surface area (Å²) in [6, 6.07) is 0.442. The Kier molecular flexibility index (Phi) is 6.50. The topological polar surface area (TPSA) is 23.5 Å². The van der Waals surface area contributed by atoms with Crippen molar-refractivity contribution in [3.05, 3.63) is 23.8 Å². The molecule has 0 saturated heterocycles. The van der Waals surface area contributed by atoms with Gasteiger partial charge in [-0.1, -0.05) is 23.8 Å². The summed E-state index contributed by atoms with van der Waals surface area (Å²) in [4.78, 5) is 2.19. The Bertz CT molecular complexity index is 206. The normalized spacial score (nSPS) is 14.6. The van der Waals surface area contributed by atoms with Crippen LogP contribution in [0, 0.1) is 0 Å². The lowest BCUT2D eigenvalue weighted by molar-refractivity contribution is 0.314. The molecule has 0 heterocycles. The summed E-state index contributed by atoms with van der Waals surface area (Å²) in [7, 11) is 4.15. The van der Waals surface area contributed by atoms with Gasteiger partial charge >= 0.3 is 0 Å². The van der Waals surface area contributed by atoms with E-state index in [1.165, 1.54) is 11.1 Å². The smallest absolute Gasteiger partial charge is 0.0614 e. The highest BCUT2D eigenvalue weighted by Crippen LogP contribution is 2.15. The molecule has 1 unspecified atom stereocenters. The van der Waals surface area contributed by atoms with E-state index < -0.39 is 0 Å². The van der Waals surface area contributed by atoms with Gasteiger partial charge < -0.3 is 10.0 Å². The molecule has 0 radical (unpaired) electrons. The molecule has 1 N–H and O–H groups in total. The fraction of sp³-hybridized carbons (Fsp3) is 0.667. The van der Waals surface area contributed by atoms with Crippen LogP contribution in [-0.2, 0) is 0 Å². The molecule has 0 rings (SSSR count). The molecular weight excluding hydrogens is 174 g/mol. The van der Waals surface area contributed by atoms with E-state index in [-0.39, 0.29) is 6.61 Å². The summed E-state index contributed by atoms with van der Waals surface area (Å²) in [6.07, 6.45) is 3.96. The van der Waals surface area contributed by atoms with Crippen LogP contribution in [0.1, 0.15) is 26.7 Å². The van der Waals surface area contributed by atoms with Crippen molar-refractivity contribution >= 4 is 0 Å². The fourth-order valence-corrected chi connectivity index (χ4v) is 1.57. The Morgan fingerprint density at radius 3 is 2.36 bits per heavy atom.